The molecule has 0 saturated heterocycles. The molecule has 0 fully saturated rings. The number of hydrogen-bond acceptors (Lipinski definition) is 7. The highest BCUT2D eigenvalue weighted by atomic mass is 35.5. The molecule has 0 aliphatic carbocycles. The van der Waals surface area contributed by atoms with Crippen molar-refractivity contribution in [1.82, 2.24) is 18.7 Å². The first kappa shape index (κ1) is 20.9. The molecule has 0 unspecified atom stereocenters. The maximum Gasteiger partial charge on any atom is 0.332 e. The Morgan fingerprint density at radius 2 is 1.62 bits per heavy atom. The van der Waals surface area contributed by atoms with Crippen molar-refractivity contribution in [1.29, 1.82) is 0 Å². The number of aryl methyl sites for hydroxylation is 2. The summed E-state index contributed by atoms with van der Waals surface area (Å²) < 4.78 is 39.8. The Labute approximate surface area is 170 Å². The van der Waals surface area contributed by atoms with E-state index in [0.29, 0.717) is 11.3 Å². The standard InChI is InChI=1S/C17H19ClN4O6S/c1-20-13-14(21(2)17(24)22(3)15(13)23)19-16(20)29(25,26)8-9-6-12(28-5)10(18)7-11(9)27-4/h6-7H,8H2,1-5H3. The molecular weight excluding hydrogens is 424 g/mol. The van der Waals surface area contributed by atoms with Gasteiger partial charge in [0.25, 0.3) is 5.56 Å². The van der Waals surface area contributed by atoms with Gasteiger partial charge < -0.3 is 14.0 Å². The first-order valence-corrected chi connectivity index (χ1v) is 10.3. The van der Waals surface area contributed by atoms with E-state index in [1.54, 1.807) is 0 Å². The molecule has 12 heteroatoms. The average molecular weight is 443 g/mol. The molecule has 1 aromatic carbocycles. The second-order valence-electron chi connectivity index (χ2n) is 6.39. The van der Waals surface area contributed by atoms with Crippen LogP contribution in [0, 0.1) is 0 Å². The summed E-state index contributed by atoms with van der Waals surface area (Å²) in [5.41, 5.74) is -0.935. The SMILES string of the molecule is COc1cc(CS(=O)(=O)c2nc3c(c(=O)n(C)c(=O)n3C)n2C)c(OC)cc1Cl. The van der Waals surface area contributed by atoms with Gasteiger partial charge >= 0.3 is 5.69 Å². The van der Waals surface area contributed by atoms with Gasteiger partial charge in [0.05, 0.1) is 25.0 Å². The van der Waals surface area contributed by atoms with Gasteiger partial charge in [-0.3, -0.25) is 13.9 Å². The van der Waals surface area contributed by atoms with E-state index in [4.69, 9.17) is 21.1 Å². The Bertz CT molecular complexity index is 1350. The molecule has 0 amide bonds. The minimum Gasteiger partial charge on any atom is -0.496 e. The van der Waals surface area contributed by atoms with E-state index in [9.17, 15) is 18.0 Å². The van der Waals surface area contributed by atoms with E-state index >= 15 is 0 Å². The monoisotopic (exact) mass is 442 g/mol. The summed E-state index contributed by atoms with van der Waals surface area (Å²) in [4.78, 5) is 28.7. The molecule has 2 aromatic heterocycles. The number of benzene rings is 1. The minimum absolute atomic E-state index is 0.00817. The number of aromatic nitrogens is 4. The Morgan fingerprint density at radius 3 is 2.21 bits per heavy atom. The quantitative estimate of drug-likeness (QED) is 0.568. The van der Waals surface area contributed by atoms with Crippen LogP contribution in [0.4, 0.5) is 0 Å². The summed E-state index contributed by atoms with van der Waals surface area (Å²) in [5, 5.41) is -0.0755. The second-order valence-corrected chi connectivity index (χ2v) is 8.68. The van der Waals surface area contributed by atoms with Crippen LogP contribution in [-0.4, -0.2) is 41.3 Å². The Hall–Kier alpha value is -2.79. The molecule has 3 aromatic rings. The summed E-state index contributed by atoms with van der Waals surface area (Å²) in [6, 6.07) is 2.93. The summed E-state index contributed by atoms with van der Waals surface area (Å²) in [6.45, 7) is 0. The molecule has 10 nitrogen and oxygen atoms in total. The van der Waals surface area contributed by atoms with Gasteiger partial charge in [-0.1, -0.05) is 11.6 Å². The molecule has 0 aliphatic rings. The lowest BCUT2D eigenvalue weighted by molar-refractivity contribution is 0.400. The number of hydrogen-bond donors (Lipinski definition) is 0. The lowest BCUT2D eigenvalue weighted by atomic mass is 10.2. The van der Waals surface area contributed by atoms with Crippen LogP contribution in [0.25, 0.3) is 11.2 Å². The second kappa shape index (κ2) is 7.23. The van der Waals surface area contributed by atoms with Crippen molar-refractivity contribution in [3.63, 3.8) is 0 Å². The van der Waals surface area contributed by atoms with E-state index in [2.05, 4.69) is 4.98 Å². The van der Waals surface area contributed by atoms with Crippen LogP contribution in [0.3, 0.4) is 0 Å². The maximum atomic E-state index is 13.1. The van der Waals surface area contributed by atoms with Crippen LogP contribution in [-0.2, 0) is 36.7 Å². The molecule has 29 heavy (non-hydrogen) atoms. The van der Waals surface area contributed by atoms with E-state index in [1.165, 1.54) is 52.1 Å². The van der Waals surface area contributed by atoms with Crippen molar-refractivity contribution in [3.05, 3.63) is 43.6 Å². The highest BCUT2D eigenvalue weighted by molar-refractivity contribution is 7.90. The lowest BCUT2D eigenvalue weighted by Crippen LogP contribution is -2.37. The van der Waals surface area contributed by atoms with E-state index in [0.717, 1.165) is 9.13 Å². The molecule has 0 bridgehead atoms. The first-order chi connectivity index (χ1) is 13.5. The van der Waals surface area contributed by atoms with Crippen LogP contribution in [0.2, 0.25) is 5.02 Å². The zero-order valence-corrected chi connectivity index (χ0v) is 18.0. The normalized spacial score (nSPS) is 11.8. The summed E-state index contributed by atoms with van der Waals surface area (Å²) in [5.74, 6) is 0.0789. The Kier molecular flexibility index (Phi) is 5.22. The molecule has 0 aliphatic heterocycles. The fourth-order valence-electron chi connectivity index (χ4n) is 3.08. The molecule has 0 radical (unpaired) electrons. The van der Waals surface area contributed by atoms with Crippen molar-refractivity contribution in [3.8, 4) is 11.5 Å². The smallest absolute Gasteiger partial charge is 0.332 e. The van der Waals surface area contributed by atoms with Crippen LogP contribution >= 0.6 is 11.6 Å². The Morgan fingerprint density at radius 1 is 1.00 bits per heavy atom. The van der Waals surface area contributed by atoms with Crippen LogP contribution in [0.1, 0.15) is 5.56 Å². The Balaban J connectivity index is 2.22. The van der Waals surface area contributed by atoms with Gasteiger partial charge in [-0.2, -0.15) is 4.98 Å². The lowest BCUT2D eigenvalue weighted by Gasteiger charge is -2.12. The number of halogens is 1. The number of sulfone groups is 1. The molecule has 3 rings (SSSR count). The average Bonchev–Trinajstić information content (AvgIpc) is 3.03. The fraction of sp³-hybridized carbons (Fsp3) is 0.353. The third kappa shape index (κ3) is 3.29. The third-order valence-corrected chi connectivity index (χ3v) is 6.52. The molecule has 0 spiro atoms. The first-order valence-electron chi connectivity index (χ1n) is 8.29. The molecule has 0 atom stereocenters. The van der Waals surface area contributed by atoms with Gasteiger partial charge in [0.1, 0.15) is 11.5 Å². The molecule has 156 valence electrons. The third-order valence-electron chi connectivity index (χ3n) is 4.61. The van der Waals surface area contributed by atoms with Crippen LogP contribution in [0.5, 0.6) is 11.5 Å². The molecule has 0 saturated carbocycles. The van der Waals surface area contributed by atoms with Crippen LogP contribution < -0.4 is 20.7 Å². The van der Waals surface area contributed by atoms with E-state index in [-0.39, 0.29) is 27.1 Å². The molecular formula is C17H19ClN4O6S. The highest BCUT2D eigenvalue weighted by Crippen LogP contribution is 2.34. The van der Waals surface area contributed by atoms with Gasteiger partial charge in [-0.05, 0) is 6.07 Å². The number of fused-ring (bicyclic) bond motifs is 1. The predicted molar refractivity (Wildman–Crippen MR) is 107 cm³/mol. The summed E-state index contributed by atoms with van der Waals surface area (Å²) in [7, 11) is 2.92. The minimum atomic E-state index is -4.03. The van der Waals surface area contributed by atoms with Crippen molar-refractivity contribution in [2.45, 2.75) is 10.9 Å². The number of methoxy groups -OCH3 is 2. The topological polar surface area (TPSA) is 114 Å². The van der Waals surface area contributed by atoms with E-state index in [1.807, 2.05) is 0 Å². The zero-order chi connectivity index (χ0) is 21.7. The number of nitrogens with zero attached hydrogens (tertiary/aromatic N) is 4. The van der Waals surface area contributed by atoms with Gasteiger partial charge in [-0.15, -0.1) is 0 Å². The molecule has 0 N–H and O–H groups in total. The summed E-state index contributed by atoms with van der Waals surface area (Å²) >= 11 is 6.07. The largest absolute Gasteiger partial charge is 0.496 e. The van der Waals surface area contributed by atoms with Gasteiger partial charge in [0, 0.05) is 32.8 Å². The van der Waals surface area contributed by atoms with Crippen molar-refractivity contribution in [2.75, 3.05) is 14.2 Å². The zero-order valence-electron chi connectivity index (χ0n) is 16.4. The van der Waals surface area contributed by atoms with Crippen molar-refractivity contribution >= 4 is 32.6 Å². The van der Waals surface area contributed by atoms with E-state index < -0.39 is 26.8 Å². The van der Waals surface area contributed by atoms with Crippen LogP contribution in [0.15, 0.2) is 26.9 Å². The van der Waals surface area contributed by atoms with Gasteiger partial charge in [0.2, 0.25) is 15.0 Å². The number of imidazole rings is 1. The van der Waals surface area contributed by atoms with Gasteiger partial charge in [-0.25, -0.2) is 13.2 Å². The highest BCUT2D eigenvalue weighted by Gasteiger charge is 2.27. The number of ether oxygens (including phenoxy) is 2. The van der Waals surface area contributed by atoms with Crippen molar-refractivity contribution in [2.24, 2.45) is 21.1 Å². The molecule has 2 heterocycles. The van der Waals surface area contributed by atoms with Crippen molar-refractivity contribution < 1.29 is 17.9 Å². The maximum absolute atomic E-state index is 13.1. The fourth-order valence-corrected chi connectivity index (χ4v) is 4.81. The predicted octanol–water partition coefficient (Wildman–Crippen LogP) is 0.615. The number of rotatable bonds is 5. The summed E-state index contributed by atoms with van der Waals surface area (Å²) in [6.07, 6.45) is 0. The van der Waals surface area contributed by atoms with Gasteiger partial charge in [0.15, 0.2) is 11.2 Å².